The van der Waals surface area contributed by atoms with E-state index in [4.69, 9.17) is 11.6 Å². The molecule has 2 aromatic heterocycles. The van der Waals surface area contributed by atoms with Gasteiger partial charge >= 0.3 is 0 Å². The normalized spacial score (nSPS) is 11.9. The van der Waals surface area contributed by atoms with E-state index >= 15 is 0 Å². The Morgan fingerprint density at radius 1 is 1.03 bits per heavy atom. The third kappa shape index (κ3) is 3.69. The predicted octanol–water partition coefficient (Wildman–Crippen LogP) is 5.63. The lowest BCUT2D eigenvalue weighted by molar-refractivity contribution is 0.774. The Hall–Kier alpha value is -4.21. The molecule has 0 aliphatic carbocycles. The van der Waals surface area contributed by atoms with Gasteiger partial charge in [-0.05, 0) is 54.8 Å². The maximum Gasteiger partial charge on any atom is 0.264 e. The molecule has 0 spiro atoms. The van der Waals surface area contributed by atoms with Gasteiger partial charge in [0.05, 0.1) is 33.6 Å². The molecule has 1 N–H and O–H groups in total. The average molecular weight is 452 g/mol. The lowest BCUT2D eigenvalue weighted by atomic mass is 10.1. The zero-order chi connectivity index (χ0) is 22.9. The molecule has 0 saturated carbocycles. The minimum atomic E-state index is -0.301. The molecule has 3 aromatic carbocycles. The Kier molecular flexibility index (Phi) is 5.25. The summed E-state index contributed by atoms with van der Waals surface area (Å²) in [6, 6.07) is 24.0. The second kappa shape index (κ2) is 8.38. The van der Waals surface area contributed by atoms with Crippen LogP contribution in [0.1, 0.15) is 24.2 Å². The molecule has 6 nitrogen and oxygen atoms in total. The third-order valence-electron chi connectivity index (χ3n) is 5.60. The highest BCUT2D eigenvalue weighted by molar-refractivity contribution is 6.35. The highest BCUT2D eigenvalue weighted by Crippen LogP contribution is 2.29. The summed E-state index contributed by atoms with van der Waals surface area (Å²) in [4.78, 5) is 22.3. The predicted molar refractivity (Wildman–Crippen MR) is 131 cm³/mol. The van der Waals surface area contributed by atoms with Gasteiger partial charge in [-0.2, -0.15) is 5.26 Å². The third-order valence-corrected chi connectivity index (χ3v) is 5.92. The lowest BCUT2D eigenvalue weighted by Gasteiger charge is -2.22. The number of pyridine rings is 1. The maximum atomic E-state index is 13.6. The molecule has 0 saturated heterocycles. The van der Waals surface area contributed by atoms with Crippen LogP contribution in [0.15, 0.2) is 83.9 Å². The van der Waals surface area contributed by atoms with Crippen LogP contribution < -0.4 is 10.9 Å². The first-order valence-electron chi connectivity index (χ1n) is 10.4. The quantitative estimate of drug-likeness (QED) is 0.382. The average Bonchev–Trinajstić information content (AvgIpc) is 2.84. The Balaban J connectivity index is 1.70. The van der Waals surface area contributed by atoms with Crippen LogP contribution in [0, 0.1) is 11.3 Å². The van der Waals surface area contributed by atoms with E-state index in [1.807, 2.05) is 55.5 Å². The van der Waals surface area contributed by atoms with E-state index in [1.54, 1.807) is 28.8 Å². The van der Waals surface area contributed by atoms with Crippen molar-refractivity contribution in [2.45, 2.75) is 13.0 Å². The van der Waals surface area contributed by atoms with E-state index in [2.05, 4.69) is 21.4 Å². The molecule has 0 amide bonds. The molecule has 2 heterocycles. The van der Waals surface area contributed by atoms with E-state index < -0.39 is 0 Å². The van der Waals surface area contributed by atoms with Crippen LogP contribution in [0.4, 0.5) is 5.82 Å². The van der Waals surface area contributed by atoms with Gasteiger partial charge in [0.2, 0.25) is 0 Å². The fraction of sp³-hybridized carbons (Fsp3) is 0.0769. The first kappa shape index (κ1) is 20.7. The number of benzene rings is 3. The molecule has 0 unspecified atom stereocenters. The van der Waals surface area contributed by atoms with Crippen molar-refractivity contribution in [1.29, 1.82) is 5.26 Å². The number of aromatic nitrogens is 3. The Labute approximate surface area is 194 Å². The fourth-order valence-corrected chi connectivity index (χ4v) is 4.28. The fourth-order valence-electron chi connectivity index (χ4n) is 4.02. The van der Waals surface area contributed by atoms with Gasteiger partial charge in [0, 0.05) is 16.8 Å². The minimum Gasteiger partial charge on any atom is -0.361 e. The molecule has 0 bridgehead atoms. The summed E-state index contributed by atoms with van der Waals surface area (Å²) in [5.41, 5.74) is 2.56. The number of hydrogen-bond acceptors (Lipinski definition) is 5. The zero-order valence-corrected chi connectivity index (χ0v) is 18.4. The van der Waals surface area contributed by atoms with Gasteiger partial charge in [-0.1, -0.05) is 41.9 Å². The van der Waals surface area contributed by atoms with Crippen LogP contribution in [0.5, 0.6) is 0 Å². The molecule has 33 heavy (non-hydrogen) atoms. The largest absolute Gasteiger partial charge is 0.361 e. The van der Waals surface area contributed by atoms with Crippen LogP contribution >= 0.6 is 11.6 Å². The van der Waals surface area contributed by atoms with Crippen molar-refractivity contribution in [2.75, 3.05) is 5.32 Å². The van der Waals surface area contributed by atoms with E-state index in [-0.39, 0.29) is 11.6 Å². The monoisotopic (exact) mass is 451 g/mol. The molecule has 0 aliphatic rings. The highest BCUT2D eigenvalue weighted by atomic mass is 35.5. The number of halogens is 1. The van der Waals surface area contributed by atoms with Crippen molar-refractivity contribution in [3.63, 3.8) is 0 Å². The van der Waals surface area contributed by atoms with Gasteiger partial charge < -0.3 is 5.32 Å². The number of nitrogens with one attached hydrogen (secondary N) is 1. The van der Waals surface area contributed by atoms with Crippen molar-refractivity contribution >= 4 is 39.1 Å². The number of rotatable bonds is 4. The van der Waals surface area contributed by atoms with Crippen molar-refractivity contribution in [2.24, 2.45) is 0 Å². The number of anilines is 1. The molecule has 0 aliphatic heterocycles. The molecule has 160 valence electrons. The molecular formula is C26H18ClN5O. The van der Waals surface area contributed by atoms with Crippen LogP contribution in [0.25, 0.3) is 27.4 Å². The van der Waals surface area contributed by atoms with Gasteiger partial charge in [0.15, 0.2) is 0 Å². The zero-order valence-electron chi connectivity index (χ0n) is 17.7. The number of nitriles is 1. The molecular weight excluding hydrogens is 434 g/mol. The second-order valence-corrected chi connectivity index (χ2v) is 8.09. The molecule has 1 atom stereocenters. The van der Waals surface area contributed by atoms with Gasteiger partial charge in [0.1, 0.15) is 12.1 Å². The van der Waals surface area contributed by atoms with E-state index in [1.165, 1.54) is 6.33 Å². The summed E-state index contributed by atoms with van der Waals surface area (Å²) >= 11 is 6.41. The van der Waals surface area contributed by atoms with Gasteiger partial charge in [-0.3, -0.25) is 9.36 Å². The molecule has 7 heteroatoms. The second-order valence-electron chi connectivity index (χ2n) is 7.68. The Morgan fingerprint density at radius 3 is 2.64 bits per heavy atom. The van der Waals surface area contributed by atoms with Crippen LogP contribution in [0.3, 0.4) is 0 Å². The summed E-state index contributed by atoms with van der Waals surface area (Å²) in [6.07, 6.45) is 1.48. The molecule has 5 rings (SSSR count). The van der Waals surface area contributed by atoms with Crippen LogP contribution in [-0.4, -0.2) is 14.5 Å². The smallest absolute Gasteiger partial charge is 0.264 e. The number of hydrogen-bond donors (Lipinski definition) is 1. The van der Waals surface area contributed by atoms with Crippen molar-refractivity contribution in [3.05, 3.63) is 106 Å². The highest BCUT2D eigenvalue weighted by Gasteiger charge is 2.19. The first-order chi connectivity index (χ1) is 16.1. The van der Waals surface area contributed by atoms with Gasteiger partial charge in [0.25, 0.3) is 5.56 Å². The lowest BCUT2D eigenvalue weighted by Crippen LogP contribution is -2.25. The number of para-hydroxylation sites is 1. The summed E-state index contributed by atoms with van der Waals surface area (Å²) in [5.74, 6) is 0.586. The maximum absolute atomic E-state index is 13.6. The van der Waals surface area contributed by atoms with Crippen LogP contribution in [0.2, 0.25) is 5.02 Å². The summed E-state index contributed by atoms with van der Waals surface area (Å²) in [5, 5.41) is 15.1. The van der Waals surface area contributed by atoms with Crippen molar-refractivity contribution < 1.29 is 0 Å². The first-order valence-corrected chi connectivity index (χ1v) is 10.8. The molecule has 0 fully saturated rings. The van der Waals surface area contributed by atoms with Gasteiger partial charge in [-0.15, -0.1) is 0 Å². The summed E-state index contributed by atoms with van der Waals surface area (Å²) in [6.45, 7) is 1.96. The van der Waals surface area contributed by atoms with E-state index in [0.29, 0.717) is 21.8 Å². The standard InChI is InChI=1S/C26H18ClN5O/c1-16(31-25-20-12-17(14-28)10-11-22(20)29-15-30-25)23-13-18-6-5-9-21(27)24(18)26(33)32(23)19-7-3-2-4-8-19/h2-13,15-16H,1H3,(H,29,30,31)/t16-/m0/s1. The van der Waals surface area contributed by atoms with E-state index in [0.717, 1.165) is 27.7 Å². The topological polar surface area (TPSA) is 83.6 Å². The Morgan fingerprint density at radius 2 is 1.85 bits per heavy atom. The molecule has 5 aromatic rings. The number of fused-ring (bicyclic) bond motifs is 2. The van der Waals surface area contributed by atoms with Crippen molar-refractivity contribution in [1.82, 2.24) is 14.5 Å². The SMILES string of the molecule is C[C@H](Nc1ncnc2ccc(C#N)cc12)c1cc2cccc(Cl)c2c(=O)n1-c1ccccc1. The minimum absolute atomic E-state index is 0.188. The number of nitrogens with zero attached hydrogens (tertiary/aromatic N) is 4. The van der Waals surface area contributed by atoms with Crippen molar-refractivity contribution in [3.8, 4) is 11.8 Å². The summed E-state index contributed by atoms with van der Waals surface area (Å²) in [7, 11) is 0. The van der Waals surface area contributed by atoms with Gasteiger partial charge in [-0.25, -0.2) is 9.97 Å². The molecule has 0 radical (unpaired) electrons. The van der Waals surface area contributed by atoms with Crippen LogP contribution in [-0.2, 0) is 0 Å². The Bertz CT molecular complexity index is 1610. The van der Waals surface area contributed by atoms with E-state index in [9.17, 15) is 10.1 Å². The summed E-state index contributed by atoms with van der Waals surface area (Å²) < 4.78 is 1.68.